The Balaban J connectivity index is 2.07. The van der Waals surface area contributed by atoms with Gasteiger partial charge in [-0.25, -0.2) is 0 Å². The maximum Gasteiger partial charge on any atom is 0.133 e. The van der Waals surface area contributed by atoms with Gasteiger partial charge in [0.05, 0.1) is 0 Å². The van der Waals surface area contributed by atoms with E-state index in [4.69, 9.17) is 6.42 Å². The highest BCUT2D eigenvalue weighted by molar-refractivity contribution is 5.78. The molecule has 0 aromatic heterocycles. The van der Waals surface area contributed by atoms with Crippen molar-refractivity contribution in [3.05, 3.63) is 0 Å². The second kappa shape index (κ2) is 5.80. The van der Waals surface area contributed by atoms with Crippen LogP contribution in [0.25, 0.3) is 0 Å². The van der Waals surface area contributed by atoms with Gasteiger partial charge in [0.15, 0.2) is 0 Å². The fourth-order valence-electron chi connectivity index (χ4n) is 2.03. The molecule has 72 valence electrons. The van der Waals surface area contributed by atoms with Crippen LogP contribution in [0.2, 0.25) is 0 Å². The second-order valence-corrected chi connectivity index (χ2v) is 3.95. The Labute approximate surface area is 80.9 Å². The van der Waals surface area contributed by atoms with E-state index in [1.54, 1.807) is 0 Å². The fourth-order valence-corrected chi connectivity index (χ4v) is 2.03. The highest BCUT2D eigenvalue weighted by Gasteiger charge is 2.17. The smallest absolute Gasteiger partial charge is 0.133 e. The topological polar surface area (TPSA) is 17.1 Å². The molecule has 1 aliphatic rings. The van der Waals surface area contributed by atoms with Crippen molar-refractivity contribution in [2.24, 2.45) is 5.92 Å². The molecular weight excluding hydrogens is 160 g/mol. The van der Waals surface area contributed by atoms with Crippen LogP contribution in [0.1, 0.15) is 51.4 Å². The Morgan fingerprint density at radius 3 is 2.69 bits per heavy atom. The van der Waals surface area contributed by atoms with Gasteiger partial charge in [-0.05, 0) is 12.3 Å². The van der Waals surface area contributed by atoms with E-state index in [0.29, 0.717) is 18.1 Å². The number of Topliss-reactive ketones (excluding diaryl/α,β-unsaturated/α-hetero) is 1. The molecule has 0 aromatic rings. The van der Waals surface area contributed by atoms with Crippen LogP contribution < -0.4 is 0 Å². The number of rotatable bonds is 5. The Morgan fingerprint density at radius 2 is 2.08 bits per heavy atom. The molecule has 1 saturated carbocycles. The van der Waals surface area contributed by atoms with Gasteiger partial charge in [-0.3, -0.25) is 4.79 Å². The molecule has 1 nitrogen and oxygen atoms in total. The average molecular weight is 178 g/mol. The van der Waals surface area contributed by atoms with Crippen LogP contribution in [-0.2, 0) is 4.79 Å². The molecule has 0 bridgehead atoms. The number of carbonyl (C=O) groups excluding carboxylic acids is 1. The molecule has 0 aromatic carbocycles. The van der Waals surface area contributed by atoms with Crippen molar-refractivity contribution in [1.82, 2.24) is 0 Å². The van der Waals surface area contributed by atoms with Crippen molar-refractivity contribution in [1.29, 1.82) is 0 Å². The van der Waals surface area contributed by atoms with Crippen molar-refractivity contribution < 1.29 is 4.79 Å². The molecule has 1 heteroatoms. The minimum Gasteiger partial charge on any atom is -0.300 e. The van der Waals surface area contributed by atoms with Crippen LogP contribution in [0.5, 0.6) is 0 Å². The molecule has 1 aliphatic carbocycles. The number of unbranched alkanes of at least 4 members (excludes halogenated alkanes) is 1. The number of hydrogen-bond donors (Lipinski definition) is 0. The standard InChI is InChI=1S/C12H18O/c1-2-3-4-9-12(13)10-11-7-5-6-8-11/h1,11H,3-10H2. The summed E-state index contributed by atoms with van der Waals surface area (Å²) in [5.41, 5.74) is 0. The van der Waals surface area contributed by atoms with E-state index < -0.39 is 0 Å². The van der Waals surface area contributed by atoms with Gasteiger partial charge in [0.1, 0.15) is 5.78 Å². The molecular formula is C12H18O. The first-order valence-corrected chi connectivity index (χ1v) is 5.28. The van der Waals surface area contributed by atoms with Crippen molar-refractivity contribution >= 4 is 5.78 Å². The summed E-state index contributed by atoms with van der Waals surface area (Å²) in [6.45, 7) is 0. The van der Waals surface area contributed by atoms with Crippen LogP contribution in [0.4, 0.5) is 0 Å². The number of carbonyl (C=O) groups is 1. The third kappa shape index (κ3) is 4.12. The molecule has 0 spiro atoms. The van der Waals surface area contributed by atoms with Gasteiger partial charge in [0.2, 0.25) is 0 Å². The van der Waals surface area contributed by atoms with Crippen LogP contribution in [0.15, 0.2) is 0 Å². The summed E-state index contributed by atoms with van der Waals surface area (Å²) in [6.07, 6.45) is 13.4. The summed E-state index contributed by atoms with van der Waals surface area (Å²) in [6, 6.07) is 0. The molecule has 1 rings (SSSR count). The lowest BCUT2D eigenvalue weighted by molar-refractivity contribution is -0.120. The first-order chi connectivity index (χ1) is 6.33. The number of terminal acetylenes is 1. The van der Waals surface area contributed by atoms with E-state index >= 15 is 0 Å². The minimum atomic E-state index is 0.419. The Kier molecular flexibility index (Phi) is 4.60. The number of hydrogen-bond acceptors (Lipinski definition) is 1. The van der Waals surface area contributed by atoms with E-state index in [-0.39, 0.29) is 0 Å². The largest absolute Gasteiger partial charge is 0.300 e. The van der Waals surface area contributed by atoms with Crippen LogP contribution in [0, 0.1) is 18.3 Å². The highest BCUT2D eigenvalue weighted by Crippen LogP contribution is 2.28. The monoisotopic (exact) mass is 178 g/mol. The molecule has 0 aliphatic heterocycles. The molecule has 0 N–H and O–H groups in total. The lowest BCUT2D eigenvalue weighted by Gasteiger charge is -2.06. The van der Waals surface area contributed by atoms with Crippen LogP contribution >= 0.6 is 0 Å². The zero-order valence-electron chi connectivity index (χ0n) is 8.22. The van der Waals surface area contributed by atoms with Gasteiger partial charge in [-0.2, -0.15) is 0 Å². The Morgan fingerprint density at radius 1 is 1.38 bits per heavy atom. The average Bonchev–Trinajstić information content (AvgIpc) is 2.57. The summed E-state index contributed by atoms with van der Waals surface area (Å²) >= 11 is 0. The third-order valence-electron chi connectivity index (χ3n) is 2.77. The lowest BCUT2D eigenvalue weighted by atomic mass is 9.98. The van der Waals surface area contributed by atoms with Gasteiger partial charge in [-0.15, -0.1) is 12.3 Å². The Bertz CT molecular complexity index is 194. The zero-order chi connectivity index (χ0) is 9.52. The van der Waals surface area contributed by atoms with Crippen LogP contribution in [0.3, 0.4) is 0 Å². The van der Waals surface area contributed by atoms with Crippen molar-refractivity contribution in [2.75, 3.05) is 0 Å². The maximum atomic E-state index is 11.4. The van der Waals surface area contributed by atoms with Gasteiger partial charge in [0, 0.05) is 19.3 Å². The minimum absolute atomic E-state index is 0.419. The van der Waals surface area contributed by atoms with Gasteiger partial charge in [0.25, 0.3) is 0 Å². The summed E-state index contributed by atoms with van der Waals surface area (Å²) < 4.78 is 0. The second-order valence-electron chi connectivity index (χ2n) is 3.95. The molecule has 13 heavy (non-hydrogen) atoms. The van der Waals surface area contributed by atoms with E-state index in [1.165, 1.54) is 25.7 Å². The van der Waals surface area contributed by atoms with Crippen molar-refractivity contribution in [3.63, 3.8) is 0 Å². The predicted molar refractivity (Wildman–Crippen MR) is 54.3 cm³/mol. The highest BCUT2D eigenvalue weighted by atomic mass is 16.1. The third-order valence-corrected chi connectivity index (χ3v) is 2.77. The molecule has 0 radical (unpaired) electrons. The first kappa shape index (κ1) is 10.3. The van der Waals surface area contributed by atoms with Gasteiger partial charge < -0.3 is 0 Å². The quantitative estimate of drug-likeness (QED) is 0.467. The summed E-state index contributed by atoms with van der Waals surface area (Å²) in [7, 11) is 0. The molecule has 0 amide bonds. The van der Waals surface area contributed by atoms with E-state index in [0.717, 1.165) is 19.3 Å². The van der Waals surface area contributed by atoms with E-state index in [1.807, 2.05) is 0 Å². The summed E-state index contributed by atoms with van der Waals surface area (Å²) in [4.78, 5) is 11.4. The van der Waals surface area contributed by atoms with E-state index in [2.05, 4.69) is 5.92 Å². The first-order valence-electron chi connectivity index (χ1n) is 5.28. The van der Waals surface area contributed by atoms with Gasteiger partial charge in [-0.1, -0.05) is 25.7 Å². The predicted octanol–water partition coefficient (Wildman–Crippen LogP) is 2.94. The van der Waals surface area contributed by atoms with Crippen LogP contribution in [-0.4, -0.2) is 5.78 Å². The molecule has 0 atom stereocenters. The van der Waals surface area contributed by atoms with Crippen molar-refractivity contribution in [3.8, 4) is 12.3 Å². The van der Waals surface area contributed by atoms with E-state index in [9.17, 15) is 4.79 Å². The van der Waals surface area contributed by atoms with Crippen molar-refractivity contribution in [2.45, 2.75) is 51.4 Å². The number of ketones is 1. The fraction of sp³-hybridized carbons (Fsp3) is 0.750. The molecule has 1 fully saturated rings. The lowest BCUT2D eigenvalue weighted by Crippen LogP contribution is -2.04. The zero-order valence-corrected chi connectivity index (χ0v) is 8.22. The normalized spacial score (nSPS) is 17.2. The molecule has 0 saturated heterocycles. The maximum absolute atomic E-state index is 11.4. The SMILES string of the molecule is C#CCCCC(=O)CC1CCCC1. The van der Waals surface area contributed by atoms with Gasteiger partial charge >= 0.3 is 0 Å². The summed E-state index contributed by atoms with van der Waals surface area (Å²) in [5.74, 6) is 3.68. The Hall–Kier alpha value is -0.770. The molecule has 0 unspecified atom stereocenters. The summed E-state index contributed by atoms with van der Waals surface area (Å²) in [5, 5.41) is 0. The molecule has 0 heterocycles.